The predicted molar refractivity (Wildman–Crippen MR) is 61.6 cm³/mol. The van der Waals surface area contributed by atoms with Crippen LogP contribution in [0, 0.1) is 0 Å². The second-order valence-corrected chi connectivity index (χ2v) is 3.88. The molecule has 0 aliphatic carbocycles. The van der Waals surface area contributed by atoms with E-state index in [0.29, 0.717) is 5.56 Å². The van der Waals surface area contributed by atoms with Gasteiger partial charge in [-0.15, -0.1) is 0 Å². The van der Waals surface area contributed by atoms with Crippen molar-refractivity contribution in [1.29, 1.82) is 0 Å². The van der Waals surface area contributed by atoms with E-state index in [0.717, 1.165) is 0 Å². The highest BCUT2D eigenvalue weighted by Gasteiger charge is 2.17. The molecule has 1 unspecified atom stereocenters. The van der Waals surface area contributed by atoms with Crippen LogP contribution in [0.3, 0.4) is 0 Å². The van der Waals surface area contributed by atoms with E-state index in [1.807, 2.05) is 0 Å². The van der Waals surface area contributed by atoms with Gasteiger partial charge in [0.05, 0.1) is 0 Å². The summed E-state index contributed by atoms with van der Waals surface area (Å²) in [5.41, 5.74) is 0.643. The van der Waals surface area contributed by atoms with Gasteiger partial charge in [0.15, 0.2) is 11.5 Å². The van der Waals surface area contributed by atoms with Crippen LogP contribution in [0.15, 0.2) is 18.2 Å². The van der Waals surface area contributed by atoms with Crippen molar-refractivity contribution in [3.63, 3.8) is 0 Å². The van der Waals surface area contributed by atoms with Gasteiger partial charge in [0, 0.05) is 0 Å². The first-order valence-electron chi connectivity index (χ1n) is 4.56. The molecule has 6 heteroatoms. The van der Waals surface area contributed by atoms with Gasteiger partial charge in [0.1, 0.15) is 6.04 Å². The minimum atomic E-state index is -0.957. The number of aromatic hydroxyl groups is 2. The minimum absolute atomic E-state index is 0.214. The first-order chi connectivity index (χ1) is 7.54. The SMILES string of the molecule is CSNC(Cc1ccc(O)c(O)c1)C(=O)O. The summed E-state index contributed by atoms with van der Waals surface area (Å²) >= 11 is 1.22. The number of phenols is 2. The van der Waals surface area contributed by atoms with E-state index >= 15 is 0 Å². The molecule has 88 valence electrons. The van der Waals surface area contributed by atoms with Crippen molar-refractivity contribution >= 4 is 17.9 Å². The standard InChI is InChI=1S/C10H13NO4S/c1-16-11-7(10(14)15)4-6-2-3-8(12)9(13)5-6/h2-3,5,7,11-13H,4H2,1H3,(H,14,15). The topological polar surface area (TPSA) is 89.8 Å². The van der Waals surface area contributed by atoms with Crippen molar-refractivity contribution in [2.24, 2.45) is 0 Å². The zero-order valence-electron chi connectivity index (χ0n) is 8.67. The number of nitrogens with one attached hydrogen (secondary N) is 1. The Hall–Kier alpha value is -1.40. The number of benzene rings is 1. The number of phenolic OH excluding ortho intramolecular Hbond substituents is 2. The molecule has 0 fully saturated rings. The number of aliphatic carboxylic acids is 1. The van der Waals surface area contributed by atoms with Crippen LogP contribution in [0.5, 0.6) is 11.5 Å². The third-order valence-electron chi connectivity index (χ3n) is 2.04. The molecular weight excluding hydrogens is 230 g/mol. The smallest absolute Gasteiger partial charge is 0.321 e. The average molecular weight is 243 g/mol. The highest BCUT2D eigenvalue weighted by Crippen LogP contribution is 2.25. The quantitative estimate of drug-likeness (QED) is 0.455. The summed E-state index contributed by atoms with van der Waals surface area (Å²) in [7, 11) is 0. The Morgan fingerprint density at radius 1 is 1.44 bits per heavy atom. The molecule has 0 aromatic heterocycles. The van der Waals surface area contributed by atoms with Crippen molar-refractivity contribution in [2.75, 3.05) is 6.26 Å². The van der Waals surface area contributed by atoms with Gasteiger partial charge in [-0.3, -0.25) is 4.79 Å². The van der Waals surface area contributed by atoms with Crippen molar-refractivity contribution in [3.8, 4) is 11.5 Å². The Morgan fingerprint density at radius 3 is 2.62 bits per heavy atom. The molecule has 0 saturated carbocycles. The molecule has 0 bridgehead atoms. The molecule has 4 N–H and O–H groups in total. The normalized spacial score (nSPS) is 12.3. The van der Waals surface area contributed by atoms with Crippen molar-refractivity contribution in [3.05, 3.63) is 23.8 Å². The minimum Gasteiger partial charge on any atom is -0.504 e. The van der Waals surface area contributed by atoms with Crippen LogP contribution in [0.1, 0.15) is 5.56 Å². The fourth-order valence-corrected chi connectivity index (χ4v) is 1.72. The van der Waals surface area contributed by atoms with Crippen LogP contribution in [0.2, 0.25) is 0 Å². The lowest BCUT2D eigenvalue weighted by Gasteiger charge is -2.12. The second-order valence-electron chi connectivity index (χ2n) is 3.24. The molecule has 1 aromatic carbocycles. The molecular formula is C10H13NO4S. The summed E-state index contributed by atoms with van der Waals surface area (Å²) in [6.45, 7) is 0. The highest BCUT2D eigenvalue weighted by molar-refractivity contribution is 7.96. The van der Waals surface area contributed by atoms with Crippen LogP contribution in [-0.4, -0.2) is 33.6 Å². The molecule has 5 nitrogen and oxygen atoms in total. The van der Waals surface area contributed by atoms with Crippen LogP contribution < -0.4 is 4.72 Å². The Kier molecular flexibility index (Phi) is 4.45. The Morgan fingerprint density at radius 2 is 2.12 bits per heavy atom. The first kappa shape index (κ1) is 12.7. The van der Waals surface area contributed by atoms with E-state index in [1.165, 1.54) is 24.1 Å². The number of rotatable bonds is 5. The molecule has 0 spiro atoms. The van der Waals surface area contributed by atoms with Crippen molar-refractivity contribution in [2.45, 2.75) is 12.5 Å². The molecule has 0 aliphatic heterocycles. The number of carboxylic acids is 1. The third-order valence-corrected chi connectivity index (χ3v) is 2.56. The van der Waals surface area contributed by atoms with Crippen LogP contribution in [0.25, 0.3) is 0 Å². The summed E-state index contributed by atoms with van der Waals surface area (Å²) in [5.74, 6) is -1.42. The molecule has 0 heterocycles. The van der Waals surface area contributed by atoms with E-state index < -0.39 is 12.0 Å². The monoisotopic (exact) mass is 243 g/mol. The van der Waals surface area contributed by atoms with E-state index in [2.05, 4.69) is 4.72 Å². The Bertz CT molecular complexity index is 383. The van der Waals surface area contributed by atoms with E-state index in [-0.39, 0.29) is 17.9 Å². The summed E-state index contributed by atoms with van der Waals surface area (Å²) < 4.78 is 2.74. The largest absolute Gasteiger partial charge is 0.504 e. The zero-order chi connectivity index (χ0) is 12.1. The maximum absolute atomic E-state index is 10.9. The molecule has 1 aromatic rings. The third kappa shape index (κ3) is 3.32. The molecule has 1 rings (SSSR count). The number of hydrogen-bond donors (Lipinski definition) is 4. The predicted octanol–water partition coefficient (Wildman–Crippen LogP) is 0.961. The van der Waals surface area contributed by atoms with Crippen LogP contribution in [0.4, 0.5) is 0 Å². The molecule has 0 radical (unpaired) electrons. The Balaban J connectivity index is 2.77. The van der Waals surface area contributed by atoms with Crippen LogP contribution in [-0.2, 0) is 11.2 Å². The molecule has 1 atom stereocenters. The van der Waals surface area contributed by atoms with Gasteiger partial charge in [0.25, 0.3) is 0 Å². The van der Waals surface area contributed by atoms with Gasteiger partial charge < -0.3 is 15.3 Å². The zero-order valence-corrected chi connectivity index (χ0v) is 9.49. The summed E-state index contributed by atoms with van der Waals surface area (Å²) in [5, 5.41) is 27.3. The lowest BCUT2D eigenvalue weighted by atomic mass is 10.1. The van der Waals surface area contributed by atoms with E-state index in [1.54, 1.807) is 12.3 Å². The molecule has 0 aliphatic rings. The lowest BCUT2D eigenvalue weighted by molar-refractivity contribution is -0.138. The fourth-order valence-electron chi connectivity index (χ4n) is 1.25. The lowest BCUT2D eigenvalue weighted by Crippen LogP contribution is -2.34. The second kappa shape index (κ2) is 5.62. The summed E-state index contributed by atoms with van der Waals surface area (Å²) in [6, 6.07) is 3.54. The maximum Gasteiger partial charge on any atom is 0.321 e. The van der Waals surface area contributed by atoms with Gasteiger partial charge in [0.2, 0.25) is 0 Å². The molecule has 16 heavy (non-hydrogen) atoms. The number of carboxylic acid groups (broad SMARTS) is 1. The van der Waals surface area contributed by atoms with Gasteiger partial charge in [-0.05, 0) is 30.4 Å². The number of carbonyl (C=O) groups is 1. The van der Waals surface area contributed by atoms with Gasteiger partial charge in [-0.25, -0.2) is 4.72 Å². The van der Waals surface area contributed by atoms with Crippen molar-refractivity contribution < 1.29 is 20.1 Å². The van der Waals surface area contributed by atoms with Crippen LogP contribution >= 0.6 is 11.9 Å². The van der Waals surface area contributed by atoms with E-state index in [4.69, 9.17) is 10.2 Å². The maximum atomic E-state index is 10.9. The summed E-state index contributed by atoms with van der Waals surface area (Å²) in [6.07, 6.45) is 1.98. The average Bonchev–Trinajstić information content (AvgIpc) is 2.22. The van der Waals surface area contributed by atoms with Gasteiger partial charge >= 0.3 is 5.97 Å². The van der Waals surface area contributed by atoms with Gasteiger partial charge in [-0.2, -0.15) is 0 Å². The Labute approximate surface area is 97.2 Å². The fraction of sp³-hybridized carbons (Fsp3) is 0.300. The number of hydrogen-bond acceptors (Lipinski definition) is 5. The highest BCUT2D eigenvalue weighted by atomic mass is 32.2. The molecule has 0 saturated heterocycles. The van der Waals surface area contributed by atoms with E-state index in [9.17, 15) is 9.90 Å². The molecule has 0 amide bonds. The summed E-state index contributed by atoms with van der Waals surface area (Å²) in [4.78, 5) is 10.9. The van der Waals surface area contributed by atoms with Gasteiger partial charge in [-0.1, -0.05) is 18.0 Å². The first-order valence-corrected chi connectivity index (χ1v) is 5.79. The van der Waals surface area contributed by atoms with Crippen molar-refractivity contribution in [1.82, 2.24) is 4.72 Å².